The van der Waals surface area contributed by atoms with E-state index >= 15 is 0 Å². The van der Waals surface area contributed by atoms with Crippen molar-refractivity contribution in [1.29, 1.82) is 0 Å². The number of nitrogens with one attached hydrogen (secondary N) is 1. The van der Waals surface area contributed by atoms with E-state index in [-0.39, 0.29) is 18.5 Å². The topological polar surface area (TPSA) is 73.9 Å². The Balaban J connectivity index is 1.56. The minimum Gasteiger partial charge on any atom is -0.485 e. The van der Waals surface area contributed by atoms with Crippen LogP contribution in [0.5, 0.6) is 11.5 Å². The number of para-hydroxylation sites is 2. The zero-order chi connectivity index (χ0) is 18.4. The number of carbonyl (C=O) groups excluding carboxylic acids is 2. The monoisotopic (exact) mass is 355 g/mol. The van der Waals surface area contributed by atoms with Gasteiger partial charge in [0.1, 0.15) is 6.61 Å². The Morgan fingerprint density at radius 2 is 1.85 bits per heavy atom. The summed E-state index contributed by atoms with van der Waals surface area (Å²) >= 11 is 0. The largest absolute Gasteiger partial charge is 0.485 e. The van der Waals surface area contributed by atoms with E-state index in [9.17, 15) is 9.59 Å². The van der Waals surface area contributed by atoms with Gasteiger partial charge < -0.3 is 19.5 Å². The summed E-state index contributed by atoms with van der Waals surface area (Å²) in [6, 6.07) is 13.8. The van der Waals surface area contributed by atoms with Crippen LogP contribution in [0, 0.1) is 0 Å². The summed E-state index contributed by atoms with van der Waals surface area (Å²) in [7, 11) is 0. The fourth-order valence-corrected chi connectivity index (χ4v) is 2.45. The molecule has 0 fully saturated rings. The van der Waals surface area contributed by atoms with Crippen LogP contribution in [0.2, 0.25) is 0 Å². The number of hydrogen-bond donors (Lipinski definition) is 1. The van der Waals surface area contributed by atoms with Crippen LogP contribution in [-0.2, 0) is 9.53 Å². The second kappa shape index (κ2) is 8.38. The first kappa shape index (κ1) is 17.8. The third-order valence-corrected chi connectivity index (χ3v) is 3.92. The minimum absolute atomic E-state index is 0.144. The highest BCUT2D eigenvalue weighted by Crippen LogP contribution is 2.31. The lowest BCUT2D eigenvalue weighted by molar-refractivity contribution is -0.125. The summed E-state index contributed by atoms with van der Waals surface area (Å²) in [5.41, 5.74) is 1.02. The van der Waals surface area contributed by atoms with Crippen molar-refractivity contribution in [3.05, 3.63) is 54.1 Å². The van der Waals surface area contributed by atoms with Crippen LogP contribution in [0.1, 0.15) is 30.1 Å². The second-order valence-corrected chi connectivity index (χ2v) is 5.92. The Bertz CT molecular complexity index is 772. The van der Waals surface area contributed by atoms with Crippen molar-refractivity contribution in [2.24, 2.45) is 0 Å². The molecule has 1 aliphatic rings. The molecule has 0 aliphatic carbocycles. The highest BCUT2D eigenvalue weighted by molar-refractivity contribution is 5.95. The molecule has 2 aromatic carbocycles. The van der Waals surface area contributed by atoms with Gasteiger partial charge >= 0.3 is 5.97 Å². The molecule has 0 bridgehead atoms. The number of anilines is 1. The number of fused-ring (bicyclic) bond motifs is 1. The Kier molecular flexibility index (Phi) is 5.73. The zero-order valence-electron chi connectivity index (χ0n) is 14.6. The van der Waals surface area contributed by atoms with E-state index in [2.05, 4.69) is 5.32 Å². The molecule has 3 rings (SSSR count). The predicted molar refractivity (Wildman–Crippen MR) is 96.6 cm³/mol. The summed E-state index contributed by atoms with van der Waals surface area (Å²) < 4.78 is 16.4. The standard InChI is InChI=1S/C20H21NO5/c1-2-3-12-24-20(23)14-8-10-15(11-9-14)21-19(22)18-13-25-16-6-4-5-7-17(16)26-18/h4-11,18H,2-3,12-13H2,1H3,(H,21,22)/t18-/m1/s1. The molecule has 1 N–H and O–H groups in total. The van der Waals surface area contributed by atoms with Gasteiger partial charge in [0.2, 0.25) is 6.10 Å². The Morgan fingerprint density at radius 1 is 1.12 bits per heavy atom. The average molecular weight is 355 g/mol. The van der Waals surface area contributed by atoms with E-state index in [1.165, 1.54) is 0 Å². The van der Waals surface area contributed by atoms with E-state index in [4.69, 9.17) is 14.2 Å². The molecule has 0 aromatic heterocycles. The highest BCUT2D eigenvalue weighted by atomic mass is 16.6. The number of ether oxygens (including phenoxy) is 3. The van der Waals surface area contributed by atoms with E-state index in [1.807, 2.05) is 19.1 Å². The molecule has 0 saturated carbocycles. The molecule has 1 aliphatic heterocycles. The van der Waals surface area contributed by atoms with Crippen molar-refractivity contribution >= 4 is 17.6 Å². The molecule has 1 atom stereocenters. The van der Waals surface area contributed by atoms with Gasteiger partial charge in [-0.25, -0.2) is 4.79 Å². The van der Waals surface area contributed by atoms with E-state index in [1.54, 1.807) is 36.4 Å². The summed E-state index contributed by atoms with van der Waals surface area (Å²) in [6.45, 7) is 2.59. The van der Waals surface area contributed by atoms with Gasteiger partial charge in [0, 0.05) is 5.69 Å². The fourth-order valence-electron chi connectivity index (χ4n) is 2.45. The maximum absolute atomic E-state index is 12.4. The first-order valence-electron chi connectivity index (χ1n) is 8.64. The lowest BCUT2D eigenvalue weighted by Crippen LogP contribution is -2.40. The van der Waals surface area contributed by atoms with Crippen molar-refractivity contribution in [3.63, 3.8) is 0 Å². The number of amides is 1. The summed E-state index contributed by atoms with van der Waals surface area (Å²) in [5, 5.41) is 2.76. The van der Waals surface area contributed by atoms with Gasteiger partial charge in [-0.15, -0.1) is 0 Å². The summed E-state index contributed by atoms with van der Waals surface area (Å²) in [6.07, 6.45) is 1.07. The molecule has 0 unspecified atom stereocenters. The first-order chi connectivity index (χ1) is 12.7. The van der Waals surface area contributed by atoms with Crippen molar-refractivity contribution in [3.8, 4) is 11.5 Å². The third-order valence-electron chi connectivity index (χ3n) is 3.92. The van der Waals surface area contributed by atoms with Crippen LogP contribution in [0.15, 0.2) is 48.5 Å². The zero-order valence-corrected chi connectivity index (χ0v) is 14.6. The first-order valence-corrected chi connectivity index (χ1v) is 8.64. The normalized spacial score (nSPS) is 15.2. The van der Waals surface area contributed by atoms with Crippen molar-refractivity contribution in [2.75, 3.05) is 18.5 Å². The van der Waals surface area contributed by atoms with Crippen LogP contribution in [0.4, 0.5) is 5.69 Å². The molecular weight excluding hydrogens is 334 g/mol. The number of carbonyl (C=O) groups is 2. The number of benzene rings is 2. The maximum Gasteiger partial charge on any atom is 0.338 e. The van der Waals surface area contributed by atoms with Gasteiger partial charge in [-0.1, -0.05) is 25.5 Å². The molecule has 0 spiro atoms. The molecular formula is C20H21NO5. The average Bonchev–Trinajstić information content (AvgIpc) is 2.68. The van der Waals surface area contributed by atoms with E-state index in [0.29, 0.717) is 29.4 Å². The second-order valence-electron chi connectivity index (χ2n) is 5.92. The lowest BCUT2D eigenvalue weighted by Gasteiger charge is -2.25. The predicted octanol–water partition coefficient (Wildman–Crippen LogP) is 3.42. The van der Waals surface area contributed by atoms with Gasteiger partial charge in [0.25, 0.3) is 5.91 Å². The third kappa shape index (κ3) is 4.33. The quantitative estimate of drug-likeness (QED) is 0.635. The number of unbranched alkanes of at least 4 members (excludes halogenated alkanes) is 1. The lowest BCUT2D eigenvalue weighted by atomic mass is 10.2. The Morgan fingerprint density at radius 3 is 2.58 bits per heavy atom. The van der Waals surface area contributed by atoms with Gasteiger partial charge in [-0.3, -0.25) is 4.79 Å². The molecule has 136 valence electrons. The molecule has 6 nitrogen and oxygen atoms in total. The molecule has 0 radical (unpaired) electrons. The number of hydrogen-bond acceptors (Lipinski definition) is 5. The maximum atomic E-state index is 12.4. The fraction of sp³-hybridized carbons (Fsp3) is 0.300. The van der Waals surface area contributed by atoms with E-state index < -0.39 is 6.10 Å². The number of rotatable bonds is 6. The molecule has 0 saturated heterocycles. The van der Waals surface area contributed by atoms with Gasteiger partial charge in [-0.05, 0) is 42.8 Å². The molecule has 1 heterocycles. The summed E-state index contributed by atoms with van der Waals surface area (Å²) in [4.78, 5) is 24.2. The van der Waals surface area contributed by atoms with Crippen molar-refractivity contribution < 1.29 is 23.8 Å². The SMILES string of the molecule is CCCCOC(=O)c1ccc(NC(=O)[C@H]2COc3ccccc3O2)cc1. The Labute approximate surface area is 152 Å². The van der Waals surface area contributed by atoms with E-state index in [0.717, 1.165) is 12.8 Å². The van der Waals surface area contributed by atoms with Crippen LogP contribution >= 0.6 is 0 Å². The van der Waals surface area contributed by atoms with Crippen LogP contribution in [-0.4, -0.2) is 31.2 Å². The molecule has 1 amide bonds. The molecule has 6 heteroatoms. The van der Waals surface area contributed by atoms with Crippen LogP contribution in [0.25, 0.3) is 0 Å². The minimum atomic E-state index is -0.733. The number of esters is 1. The van der Waals surface area contributed by atoms with Crippen molar-refractivity contribution in [2.45, 2.75) is 25.9 Å². The van der Waals surface area contributed by atoms with Crippen LogP contribution < -0.4 is 14.8 Å². The van der Waals surface area contributed by atoms with Crippen molar-refractivity contribution in [1.82, 2.24) is 0 Å². The van der Waals surface area contributed by atoms with Gasteiger partial charge in [-0.2, -0.15) is 0 Å². The highest BCUT2D eigenvalue weighted by Gasteiger charge is 2.27. The molecule has 26 heavy (non-hydrogen) atoms. The van der Waals surface area contributed by atoms with Gasteiger partial charge in [0.05, 0.1) is 12.2 Å². The van der Waals surface area contributed by atoms with Crippen LogP contribution in [0.3, 0.4) is 0 Å². The molecule has 2 aromatic rings. The summed E-state index contributed by atoms with van der Waals surface area (Å²) in [5.74, 6) is 0.501. The Hall–Kier alpha value is -3.02. The van der Waals surface area contributed by atoms with Gasteiger partial charge in [0.15, 0.2) is 11.5 Å². The smallest absolute Gasteiger partial charge is 0.338 e.